The van der Waals surface area contributed by atoms with Crippen molar-refractivity contribution in [2.75, 3.05) is 10.6 Å². The van der Waals surface area contributed by atoms with Crippen LogP contribution in [0, 0.1) is 12.8 Å². The molecule has 2 heterocycles. The summed E-state index contributed by atoms with van der Waals surface area (Å²) >= 11 is 0. The summed E-state index contributed by atoms with van der Waals surface area (Å²) in [5.41, 5.74) is 9.67. The lowest BCUT2D eigenvalue weighted by molar-refractivity contribution is -0.117. The topological polar surface area (TPSA) is 124 Å². The van der Waals surface area contributed by atoms with Crippen molar-refractivity contribution in [3.8, 4) is 11.5 Å². The first-order valence-corrected chi connectivity index (χ1v) is 12.0. The summed E-state index contributed by atoms with van der Waals surface area (Å²) in [6.07, 6.45) is 5.40. The number of benzene rings is 2. The summed E-state index contributed by atoms with van der Waals surface area (Å²) in [4.78, 5) is 29.2. The van der Waals surface area contributed by atoms with Crippen LogP contribution < -0.4 is 21.1 Å². The van der Waals surface area contributed by atoms with Crippen LogP contribution in [0.3, 0.4) is 0 Å². The Labute approximate surface area is 207 Å². The molecule has 2 amide bonds. The van der Waals surface area contributed by atoms with Gasteiger partial charge in [-0.25, -0.2) is 4.52 Å². The number of nitrogens with one attached hydrogen (secondary N) is 2. The Kier molecular flexibility index (Phi) is 5.22. The van der Waals surface area contributed by atoms with Crippen LogP contribution in [-0.2, 0) is 10.3 Å². The molecular formula is C27H26N6O3. The summed E-state index contributed by atoms with van der Waals surface area (Å²) in [6, 6.07) is 16.6. The van der Waals surface area contributed by atoms with Crippen molar-refractivity contribution < 1.29 is 14.3 Å². The number of amides is 2. The van der Waals surface area contributed by atoms with Gasteiger partial charge in [-0.2, -0.15) is 4.98 Å². The van der Waals surface area contributed by atoms with E-state index < -0.39 is 0 Å². The monoisotopic (exact) mass is 482 g/mol. The van der Waals surface area contributed by atoms with Crippen LogP contribution in [0.25, 0.3) is 5.65 Å². The molecule has 9 heteroatoms. The largest absolute Gasteiger partial charge is 0.455 e. The van der Waals surface area contributed by atoms with Gasteiger partial charge in [0.25, 0.3) is 5.91 Å². The van der Waals surface area contributed by atoms with E-state index in [0.717, 1.165) is 36.8 Å². The third kappa shape index (κ3) is 4.52. The minimum Gasteiger partial charge on any atom is -0.455 e. The van der Waals surface area contributed by atoms with Crippen LogP contribution >= 0.6 is 0 Å². The van der Waals surface area contributed by atoms with Crippen molar-refractivity contribution in [1.82, 2.24) is 14.6 Å². The Morgan fingerprint density at radius 2 is 1.92 bits per heavy atom. The fourth-order valence-corrected chi connectivity index (χ4v) is 4.05. The third-order valence-corrected chi connectivity index (χ3v) is 6.65. The second-order valence-electron chi connectivity index (χ2n) is 9.64. The van der Waals surface area contributed by atoms with Gasteiger partial charge in [0.15, 0.2) is 5.65 Å². The predicted octanol–water partition coefficient (Wildman–Crippen LogP) is 4.38. The van der Waals surface area contributed by atoms with Crippen molar-refractivity contribution in [3.05, 3.63) is 77.5 Å². The molecule has 0 saturated heterocycles. The number of aryl methyl sites for hydroxylation is 1. The smallest absolute Gasteiger partial charge is 0.255 e. The minimum atomic E-state index is -0.296. The van der Waals surface area contributed by atoms with Gasteiger partial charge in [-0.3, -0.25) is 14.9 Å². The normalized spacial score (nSPS) is 15.9. The number of nitrogens with two attached hydrogens (primary N) is 1. The first-order valence-electron chi connectivity index (χ1n) is 12.0. The molecule has 182 valence electrons. The molecule has 0 atom stereocenters. The summed E-state index contributed by atoms with van der Waals surface area (Å²) in [6.45, 7) is 1.93. The van der Waals surface area contributed by atoms with E-state index in [9.17, 15) is 9.59 Å². The van der Waals surface area contributed by atoms with E-state index in [-0.39, 0.29) is 29.2 Å². The van der Waals surface area contributed by atoms with Crippen LogP contribution in [-0.4, -0.2) is 26.4 Å². The lowest BCUT2D eigenvalue weighted by atomic mass is 10.0. The van der Waals surface area contributed by atoms with Gasteiger partial charge in [0, 0.05) is 28.8 Å². The first kappa shape index (κ1) is 22.2. The molecular weight excluding hydrogens is 456 g/mol. The number of rotatable bonds is 7. The molecule has 6 rings (SSSR count). The molecule has 9 nitrogen and oxygen atoms in total. The van der Waals surface area contributed by atoms with E-state index >= 15 is 0 Å². The van der Waals surface area contributed by atoms with E-state index in [2.05, 4.69) is 20.7 Å². The molecule has 2 aliphatic rings. The summed E-state index contributed by atoms with van der Waals surface area (Å²) in [5.74, 6) is 1.24. The Hall–Kier alpha value is -4.24. The number of nitrogens with zero attached hydrogens (tertiary/aromatic N) is 3. The third-order valence-electron chi connectivity index (χ3n) is 6.65. The summed E-state index contributed by atoms with van der Waals surface area (Å²) < 4.78 is 7.68. The maximum absolute atomic E-state index is 12.9. The SMILES string of the molecule is Cc1ccc(NC(=O)c2cccc(C3(N)CC3)c2)cc1Oc1ccc2nc(NC(=O)C3CC3)nn2c1. The van der Waals surface area contributed by atoms with Crippen LogP contribution in [0.15, 0.2) is 60.8 Å². The number of ether oxygens (including phenoxy) is 1. The molecule has 2 saturated carbocycles. The standard InChI is InChI=1S/C27H26N6O3/c1-16-5-8-20(29-25(35)18-3-2-4-19(13-18)27(28)11-12-27)14-22(16)36-21-9-10-23-30-26(32-33(23)15-21)31-24(34)17-6-7-17/h2-5,8-10,13-15,17H,6-7,11-12,28H2,1H3,(H,29,35)(H,31,32,34). The van der Waals surface area contributed by atoms with Gasteiger partial charge in [0.2, 0.25) is 11.9 Å². The van der Waals surface area contributed by atoms with Gasteiger partial charge < -0.3 is 15.8 Å². The van der Waals surface area contributed by atoms with Gasteiger partial charge in [0.1, 0.15) is 11.5 Å². The number of hydrogen-bond acceptors (Lipinski definition) is 6. The summed E-state index contributed by atoms with van der Waals surface area (Å²) in [7, 11) is 0. The maximum atomic E-state index is 12.9. The van der Waals surface area contributed by atoms with E-state index in [0.29, 0.717) is 28.4 Å². The zero-order valence-corrected chi connectivity index (χ0v) is 19.8. The van der Waals surface area contributed by atoms with E-state index in [4.69, 9.17) is 10.5 Å². The number of carbonyl (C=O) groups is 2. The highest BCUT2D eigenvalue weighted by Gasteiger charge is 2.40. The second-order valence-corrected chi connectivity index (χ2v) is 9.64. The molecule has 2 fully saturated rings. The summed E-state index contributed by atoms with van der Waals surface area (Å²) in [5, 5.41) is 10.0. The quantitative estimate of drug-likeness (QED) is 0.359. The first-order chi connectivity index (χ1) is 17.4. The molecule has 0 spiro atoms. The Morgan fingerprint density at radius 3 is 2.69 bits per heavy atom. The van der Waals surface area contributed by atoms with Crippen LogP contribution in [0.1, 0.15) is 47.2 Å². The van der Waals surface area contributed by atoms with Crippen molar-refractivity contribution in [2.45, 2.75) is 38.1 Å². The number of aromatic nitrogens is 3. The number of carbonyl (C=O) groups excluding carboxylic acids is 2. The maximum Gasteiger partial charge on any atom is 0.255 e. The molecule has 4 aromatic rings. The molecule has 2 aromatic carbocycles. The van der Waals surface area contributed by atoms with Crippen molar-refractivity contribution >= 4 is 29.1 Å². The number of fused-ring (bicyclic) bond motifs is 1. The van der Waals surface area contributed by atoms with Crippen molar-refractivity contribution in [3.63, 3.8) is 0 Å². The predicted molar refractivity (Wildman–Crippen MR) is 135 cm³/mol. The highest BCUT2D eigenvalue weighted by Crippen LogP contribution is 2.42. The van der Waals surface area contributed by atoms with Gasteiger partial charge in [-0.1, -0.05) is 18.2 Å². The zero-order valence-electron chi connectivity index (χ0n) is 19.8. The lowest BCUT2D eigenvalue weighted by Crippen LogP contribution is -2.20. The number of hydrogen-bond donors (Lipinski definition) is 3. The molecule has 0 aliphatic heterocycles. The highest BCUT2D eigenvalue weighted by molar-refractivity contribution is 6.04. The molecule has 2 aliphatic carbocycles. The van der Waals surface area contributed by atoms with Gasteiger partial charge in [0.05, 0.1) is 6.20 Å². The zero-order chi connectivity index (χ0) is 24.9. The highest BCUT2D eigenvalue weighted by atomic mass is 16.5. The van der Waals surface area contributed by atoms with Crippen molar-refractivity contribution in [1.29, 1.82) is 0 Å². The van der Waals surface area contributed by atoms with E-state index in [1.165, 1.54) is 0 Å². The Balaban J connectivity index is 1.18. The minimum absolute atomic E-state index is 0.0429. The van der Waals surface area contributed by atoms with Gasteiger partial charge in [-0.15, -0.1) is 5.10 Å². The van der Waals surface area contributed by atoms with E-state index in [1.54, 1.807) is 35.0 Å². The Morgan fingerprint density at radius 1 is 1.08 bits per heavy atom. The van der Waals surface area contributed by atoms with Crippen LogP contribution in [0.2, 0.25) is 0 Å². The van der Waals surface area contributed by atoms with Crippen LogP contribution in [0.5, 0.6) is 11.5 Å². The lowest BCUT2D eigenvalue weighted by Gasteiger charge is -2.13. The van der Waals surface area contributed by atoms with Gasteiger partial charge >= 0.3 is 0 Å². The fourth-order valence-electron chi connectivity index (χ4n) is 4.05. The second kappa shape index (κ2) is 8.46. The Bertz CT molecular complexity index is 1500. The molecule has 0 bridgehead atoms. The molecule has 2 aromatic heterocycles. The average Bonchev–Trinajstić information content (AvgIpc) is 3.80. The van der Waals surface area contributed by atoms with Crippen molar-refractivity contribution in [2.24, 2.45) is 11.7 Å². The average molecular weight is 483 g/mol. The van der Waals surface area contributed by atoms with E-state index in [1.807, 2.05) is 37.3 Å². The molecule has 0 radical (unpaired) electrons. The molecule has 4 N–H and O–H groups in total. The van der Waals surface area contributed by atoms with Gasteiger partial charge in [-0.05, 0) is 74.1 Å². The molecule has 36 heavy (non-hydrogen) atoms. The number of pyridine rings is 1. The number of anilines is 2. The van der Waals surface area contributed by atoms with Crippen LogP contribution in [0.4, 0.5) is 11.6 Å². The fraction of sp³-hybridized carbons (Fsp3) is 0.259. The molecule has 0 unspecified atom stereocenters.